The first-order valence-corrected chi connectivity index (χ1v) is 14.6. The maximum atomic E-state index is 6.53. The van der Waals surface area contributed by atoms with Crippen molar-refractivity contribution < 1.29 is 0 Å². The van der Waals surface area contributed by atoms with Gasteiger partial charge in [-0.25, -0.2) is 4.98 Å². The van der Waals surface area contributed by atoms with Gasteiger partial charge in [-0.15, -0.1) is 0 Å². The van der Waals surface area contributed by atoms with Crippen LogP contribution in [0.1, 0.15) is 23.1 Å². The van der Waals surface area contributed by atoms with Gasteiger partial charge in [-0.05, 0) is 102 Å². The van der Waals surface area contributed by atoms with Gasteiger partial charge in [0, 0.05) is 39.2 Å². The molecule has 9 N–H and O–H groups in total. The number of nitrogens with two attached hydrogens (primary N) is 4. The number of nitrogen functional groups attached to an aromatic ring is 2. The van der Waals surface area contributed by atoms with Crippen molar-refractivity contribution in [2.75, 3.05) is 16.8 Å². The summed E-state index contributed by atoms with van der Waals surface area (Å²) in [6.45, 7) is 0. The molecule has 0 bridgehead atoms. The first-order chi connectivity index (χ1) is 21.3. The number of hydrogen-bond donors (Lipinski definition) is 5. The van der Waals surface area contributed by atoms with E-state index in [0.29, 0.717) is 0 Å². The molecular formula is C38H36N6. The van der Waals surface area contributed by atoms with Crippen LogP contribution in [-0.2, 0) is 12.0 Å². The van der Waals surface area contributed by atoms with E-state index in [-0.39, 0.29) is 0 Å². The highest BCUT2D eigenvalue weighted by atomic mass is 14.9. The van der Waals surface area contributed by atoms with Crippen molar-refractivity contribution in [1.29, 1.82) is 0 Å². The average Bonchev–Trinajstić information content (AvgIpc) is 3.04. The number of para-hydroxylation sites is 1. The molecule has 218 valence electrons. The molecule has 7 rings (SSSR count). The minimum Gasteiger partial charge on any atom is -0.399 e. The van der Waals surface area contributed by atoms with Gasteiger partial charge in [0.05, 0.1) is 16.6 Å². The van der Waals surface area contributed by atoms with Gasteiger partial charge in [-0.3, -0.25) is 0 Å². The Hall–Kier alpha value is -5.59. The fourth-order valence-electron chi connectivity index (χ4n) is 5.29. The number of fused-ring (bicyclic) bond motifs is 2. The fourth-order valence-corrected chi connectivity index (χ4v) is 5.29. The van der Waals surface area contributed by atoms with Gasteiger partial charge in [-0.1, -0.05) is 66.7 Å². The quantitative estimate of drug-likeness (QED) is 0.107. The molecule has 1 unspecified atom stereocenters. The Morgan fingerprint density at radius 2 is 1.25 bits per heavy atom. The third-order valence-electron chi connectivity index (χ3n) is 7.84. The Bertz CT molecular complexity index is 1960. The van der Waals surface area contributed by atoms with Crippen molar-refractivity contribution in [2.45, 2.75) is 18.4 Å². The molecule has 6 nitrogen and oxygen atoms in total. The molecule has 0 aliphatic heterocycles. The first-order valence-electron chi connectivity index (χ1n) is 14.6. The van der Waals surface area contributed by atoms with Crippen LogP contribution >= 0.6 is 0 Å². The predicted molar refractivity (Wildman–Crippen MR) is 185 cm³/mol. The van der Waals surface area contributed by atoms with Gasteiger partial charge in [0.25, 0.3) is 0 Å². The summed E-state index contributed by atoms with van der Waals surface area (Å²) < 4.78 is 0. The minimum atomic E-state index is -0.475. The van der Waals surface area contributed by atoms with Crippen molar-refractivity contribution in [3.8, 4) is 0 Å². The van der Waals surface area contributed by atoms with Gasteiger partial charge in [-0.2, -0.15) is 0 Å². The third-order valence-corrected chi connectivity index (χ3v) is 7.84. The summed E-state index contributed by atoms with van der Waals surface area (Å²) in [4.78, 5) is 4.56. The summed E-state index contributed by atoms with van der Waals surface area (Å²) in [5.41, 5.74) is 33.4. The maximum Gasteiger partial charge on any atom is 0.0711 e. The summed E-state index contributed by atoms with van der Waals surface area (Å²) in [6.07, 6.45) is 7.45. The predicted octanol–water partition coefficient (Wildman–Crippen LogP) is 7.53. The van der Waals surface area contributed by atoms with Crippen molar-refractivity contribution in [3.05, 3.63) is 162 Å². The van der Waals surface area contributed by atoms with E-state index in [0.717, 1.165) is 68.7 Å². The molecule has 5 aromatic carbocycles. The lowest BCUT2D eigenvalue weighted by atomic mass is 9.84. The number of pyridine rings is 1. The van der Waals surface area contributed by atoms with E-state index in [9.17, 15) is 0 Å². The SMILES string of the molecule is NC1=CCC(N)(c2ccc(Cc3ccc(Nc4ccc(N)cc4)cc3)cc2)C=C1.Nc1ccc2nc3ccccc3cc2c1. The molecule has 44 heavy (non-hydrogen) atoms. The molecule has 1 aliphatic rings. The van der Waals surface area contributed by atoms with Gasteiger partial charge < -0.3 is 28.3 Å². The monoisotopic (exact) mass is 576 g/mol. The highest BCUT2D eigenvalue weighted by molar-refractivity contribution is 5.93. The Morgan fingerprint density at radius 1 is 0.636 bits per heavy atom. The zero-order valence-corrected chi connectivity index (χ0v) is 24.4. The Morgan fingerprint density at radius 3 is 1.93 bits per heavy atom. The Kier molecular flexibility index (Phi) is 8.00. The van der Waals surface area contributed by atoms with Gasteiger partial charge in [0.15, 0.2) is 0 Å². The second-order valence-corrected chi connectivity index (χ2v) is 11.2. The van der Waals surface area contributed by atoms with Crippen LogP contribution in [0.5, 0.6) is 0 Å². The molecule has 1 aromatic heterocycles. The second kappa shape index (κ2) is 12.3. The number of nitrogens with one attached hydrogen (secondary N) is 1. The normalized spacial score (nSPS) is 15.8. The van der Waals surface area contributed by atoms with Crippen LogP contribution in [0.15, 0.2) is 145 Å². The van der Waals surface area contributed by atoms with Crippen molar-refractivity contribution in [1.82, 2.24) is 4.98 Å². The van der Waals surface area contributed by atoms with Crippen LogP contribution in [-0.4, -0.2) is 4.98 Å². The van der Waals surface area contributed by atoms with Crippen molar-refractivity contribution in [3.63, 3.8) is 0 Å². The molecule has 0 amide bonds. The van der Waals surface area contributed by atoms with Gasteiger partial charge in [0.1, 0.15) is 0 Å². The molecule has 0 radical (unpaired) electrons. The Balaban J connectivity index is 0.000000190. The number of anilines is 4. The number of hydrogen-bond acceptors (Lipinski definition) is 6. The largest absolute Gasteiger partial charge is 0.399 e. The van der Waals surface area contributed by atoms with E-state index in [1.165, 1.54) is 11.1 Å². The lowest BCUT2D eigenvalue weighted by molar-refractivity contribution is 0.562. The molecule has 6 heteroatoms. The highest BCUT2D eigenvalue weighted by Crippen LogP contribution is 2.29. The fraction of sp³-hybridized carbons (Fsp3) is 0.0789. The molecule has 0 saturated heterocycles. The topological polar surface area (TPSA) is 129 Å². The van der Waals surface area contributed by atoms with Crippen LogP contribution in [0.25, 0.3) is 21.8 Å². The second-order valence-electron chi connectivity index (χ2n) is 11.2. The molecule has 0 fully saturated rings. The van der Waals surface area contributed by atoms with E-state index < -0.39 is 5.54 Å². The van der Waals surface area contributed by atoms with Crippen LogP contribution in [0.3, 0.4) is 0 Å². The van der Waals surface area contributed by atoms with Crippen LogP contribution in [0, 0.1) is 0 Å². The first kappa shape index (κ1) is 28.5. The molecule has 1 atom stereocenters. The maximum absolute atomic E-state index is 6.53. The molecule has 1 heterocycles. The van der Waals surface area contributed by atoms with E-state index in [1.807, 2.05) is 78.9 Å². The lowest BCUT2D eigenvalue weighted by Crippen LogP contribution is -2.35. The van der Waals surface area contributed by atoms with E-state index >= 15 is 0 Å². The van der Waals surface area contributed by atoms with Crippen LogP contribution < -0.4 is 28.3 Å². The zero-order valence-electron chi connectivity index (χ0n) is 24.4. The molecule has 0 saturated carbocycles. The molecular weight excluding hydrogens is 540 g/mol. The van der Waals surface area contributed by atoms with E-state index in [1.54, 1.807) is 0 Å². The molecule has 1 aliphatic carbocycles. The van der Waals surface area contributed by atoms with Crippen molar-refractivity contribution >= 4 is 44.6 Å². The molecule has 0 spiro atoms. The summed E-state index contributed by atoms with van der Waals surface area (Å²) in [5.74, 6) is 0. The number of rotatable bonds is 5. The van der Waals surface area contributed by atoms with Gasteiger partial charge in [0.2, 0.25) is 0 Å². The lowest BCUT2D eigenvalue weighted by Gasteiger charge is -2.28. The number of aromatic nitrogens is 1. The highest BCUT2D eigenvalue weighted by Gasteiger charge is 2.25. The Labute approximate surface area is 257 Å². The standard InChI is InChI=1S/C25H26N4.C13H10N2/c26-21-7-11-24(12-8-21)29-23-9-3-19(4-10-23)17-18-1-5-20(6-2-18)25(28)15-13-22(27)14-16-25;14-11-5-6-13-10(8-11)7-9-3-1-2-4-12(9)15-13/h1-15,29H,16-17,26-28H2;1-8H,14H2. The zero-order chi connectivity index (χ0) is 30.5. The van der Waals surface area contributed by atoms with Crippen LogP contribution in [0.2, 0.25) is 0 Å². The summed E-state index contributed by atoms with van der Waals surface area (Å²) in [6, 6.07) is 40.8. The van der Waals surface area contributed by atoms with Crippen LogP contribution in [0.4, 0.5) is 22.7 Å². The summed E-state index contributed by atoms with van der Waals surface area (Å²) in [5, 5.41) is 5.62. The number of allylic oxidation sites excluding steroid dienone is 1. The van der Waals surface area contributed by atoms with Gasteiger partial charge >= 0.3 is 0 Å². The third kappa shape index (κ3) is 6.72. The summed E-state index contributed by atoms with van der Waals surface area (Å²) >= 11 is 0. The average molecular weight is 577 g/mol. The van der Waals surface area contributed by atoms with E-state index in [4.69, 9.17) is 22.9 Å². The van der Waals surface area contributed by atoms with E-state index in [2.05, 4.69) is 71.0 Å². The molecule has 6 aromatic rings. The van der Waals surface area contributed by atoms with Crippen molar-refractivity contribution in [2.24, 2.45) is 11.5 Å². The minimum absolute atomic E-state index is 0.475. The number of benzene rings is 5. The summed E-state index contributed by atoms with van der Waals surface area (Å²) in [7, 11) is 0. The number of nitrogens with zero attached hydrogens (tertiary/aromatic N) is 1. The smallest absolute Gasteiger partial charge is 0.0711 e.